The molecular formula is C18H17ClN2O2S. The number of hydrogen-bond acceptors (Lipinski definition) is 5. The molecule has 124 valence electrons. The maximum absolute atomic E-state index is 11.4. The van der Waals surface area contributed by atoms with Crippen LogP contribution in [-0.2, 0) is 9.53 Å². The number of rotatable bonds is 5. The Morgan fingerprint density at radius 3 is 2.83 bits per heavy atom. The van der Waals surface area contributed by atoms with Crippen LogP contribution in [0.25, 0.3) is 0 Å². The molecule has 0 amide bonds. The summed E-state index contributed by atoms with van der Waals surface area (Å²) in [6, 6.07) is 5.62. The van der Waals surface area contributed by atoms with Gasteiger partial charge in [0.15, 0.2) is 0 Å². The molecule has 0 unspecified atom stereocenters. The summed E-state index contributed by atoms with van der Waals surface area (Å²) in [6.45, 7) is 4.11. The second kappa shape index (κ2) is 9.31. The average molecular weight is 361 g/mol. The molecule has 6 heteroatoms. The quantitative estimate of drug-likeness (QED) is 0.460. The third-order valence-corrected chi connectivity index (χ3v) is 4.51. The van der Waals surface area contributed by atoms with Gasteiger partial charge in [-0.2, -0.15) is 0 Å². The summed E-state index contributed by atoms with van der Waals surface area (Å²) >= 11 is 7.85. The first-order chi connectivity index (χ1) is 11.6. The van der Waals surface area contributed by atoms with E-state index in [9.17, 15) is 4.79 Å². The molecule has 0 bridgehead atoms. The standard InChI is InChI=1S/C18H17ClN2O2S/c1-3-23-17(22)9-11-24-16-8-10-20-15(18(16)19)7-6-14-5-4-13(2)21-12-14/h4-5,8,10,12H,3,9,11H2,1-2H3. The van der Waals surface area contributed by atoms with Gasteiger partial charge in [-0.25, -0.2) is 4.98 Å². The van der Waals surface area contributed by atoms with Gasteiger partial charge in [0.1, 0.15) is 5.69 Å². The van der Waals surface area contributed by atoms with Crippen molar-refractivity contribution in [1.82, 2.24) is 9.97 Å². The Hall–Kier alpha value is -2.03. The van der Waals surface area contributed by atoms with Crippen LogP contribution in [-0.4, -0.2) is 28.3 Å². The summed E-state index contributed by atoms with van der Waals surface area (Å²) in [6.07, 6.45) is 3.72. The predicted octanol–water partition coefficient (Wildman–Crippen LogP) is 3.88. The Morgan fingerprint density at radius 2 is 2.12 bits per heavy atom. The third kappa shape index (κ3) is 5.55. The van der Waals surface area contributed by atoms with E-state index in [1.165, 1.54) is 11.8 Å². The van der Waals surface area contributed by atoms with Crippen LogP contribution in [0, 0.1) is 18.8 Å². The number of pyridine rings is 2. The van der Waals surface area contributed by atoms with E-state index < -0.39 is 0 Å². The SMILES string of the molecule is CCOC(=O)CCSc1ccnc(C#Cc2ccc(C)nc2)c1Cl. The van der Waals surface area contributed by atoms with E-state index in [2.05, 4.69) is 21.8 Å². The van der Waals surface area contributed by atoms with Gasteiger partial charge in [0.25, 0.3) is 0 Å². The van der Waals surface area contributed by atoms with Crippen molar-refractivity contribution >= 4 is 29.3 Å². The van der Waals surface area contributed by atoms with Crippen molar-refractivity contribution in [2.75, 3.05) is 12.4 Å². The molecule has 0 fully saturated rings. The zero-order chi connectivity index (χ0) is 17.4. The Morgan fingerprint density at radius 1 is 1.29 bits per heavy atom. The van der Waals surface area contributed by atoms with Crippen LogP contribution in [0.5, 0.6) is 0 Å². The van der Waals surface area contributed by atoms with E-state index in [1.807, 2.05) is 25.1 Å². The summed E-state index contributed by atoms with van der Waals surface area (Å²) in [7, 11) is 0. The summed E-state index contributed by atoms with van der Waals surface area (Å²) in [5.74, 6) is 6.36. The lowest BCUT2D eigenvalue weighted by atomic mass is 10.2. The van der Waals surface area contributed by atoms with Crippen LogP contribution in [0.15, 0.2) is 35.5 Å². The molecule has 2 aromatic rings. The molecule has 0 aliphatic rings. The average Bonchev–Trinajstić information content (AvgIpc) is 2.57. The fourth-order valence-electron chi connectivity index (χ4n) is 1.78. The van der Waals surface area contributed by atoms with Gasteiger partial charge in [0, 0.05) is 34.3 Å². The smallest absolute Gasteiger partial charge is 0.306 e. The number of ether oxygens (including phenoxy) is 1. The number of esters is 1. The summed E-state index contributed by atoms with van der Waals surface area (Å²) in [5.41, 5.74) is 2.26. The number of nitrogens with zero attached hydrogens (tertiary/aromatic N) is 2. The number of hydrogen-bond donors (Lipinski definition) is 0. The van der Waals surface area contributed by atoms with Gasteiger partial charge in [0.05, 0.1) is 18.1 Å². The van der Waals surface area contributed by atoms with Gasteiger partial charge in [-0.05, 0) is 38.0 Å². The van der Waals surface area contributed by atoms with Crippen molar-refractivity contribution in [2.45, 2.75) is 25.2 Å². The minimum absolute atomic E-state index is 0.206. The van der Waals surface area contributed by atoms with E-state index in [-0.39, 0.29) is 5.97 Å². The summed E-state index contributed by atoms with van der Waals surface area (Å²) < 4.78 is 4.90. The number of carbonyl (C=O) groups excluding carboxylic acids is 1. The molecule has 0 saturated heterocycles. The van der Waals surface area contributed by atoms with Crippen LogP contribution in [0.4, 0.5) is 0 Å². The number of aromatic nitrogens is 2. The molecule has 0 aromatic carbocycles. The van der Waals surface area contributed by atoms with Crippen molar-refractivity contribution in [3.05, 3.63) is 52.6 Å². The first-order valence-electron chi connectivity index (χ1n) is 7.47. The van der Waals surface area contributed by atoms with Crippen LogP contribution < -0.4 is 0 Å². The molecule has 2 heterocycles. The molecule has 0 radical (unpaired) electrons. The molecule has 2 rings (SSSR count). The van der Waals surface area contributed by atoms with Gasteiger partial charge in [-0.15, -0.1) is 11.8 Å². The van der Waals surface area contributed by atoms with Crippen LogP contribution >= 0.6 is 23.4 Å². The zero-order valence-corrected chi connectivity index (χ0v) is 15.1. The number of halogens is 1. The Labute approximate surface area is 151 Å². The molecule has 0 atom stereocenters. The third-order valence-electron chi connectivity index (χ3n) is 2.96. The molecule has 0 aliphatic heterocycles. The van der Waals surface area contributed by atoms with E-state index in [0.717, 1.165) is 16.2 Å². The largest absolute Gasteiger partial charge is 0.466 e. The van der Waals surface area contributed by atoms with Crippen molar-refractivity contribution in [1.29, 1.82) is 0 Å². The zero-order valence-electron chi connectivity index (χ0n) is 13.5. The van der Waals surface area contributed by atoms with Crippen LogP contribution in [0.3, 0.4) is 0 Å². The molecule has 0 N–H and O–H groups in total. The second-order valence-electron chi connectivity index (χ2n) is 4.81. The fourth-order valence-corrected chi connectivity index (χ4v) is 2.97. The number of aryl methyl sites for hydroxylation is 1. The Balaban J connectivity index is 2.05. The minimum Gasteiger partial charge on any atom is -0.466 e. The van der Waals surface area contributed by atoms with E-state index in [1.54, 1.807) is 19.3 Å². The maximum atomic E-state index is 11.4. The first-order valence-corrected chi connectivity index (χ1v) is 8.84. The van der Waals surface area contributed by atoms with Crippen molar-refractivity contribution in [2.24, 2.45) is 0 Å². The molecular weight excluding hydrogens is 344 g/mol. The normalized spacial score (nSPS) is 9.96. The van der Waals surface area contributed by atoms with Crippen LogP contribution in [0.1, 0.15) is 30.3 Å². The molecule has 2 aromatic heterocycles. The molecule has 0 spiro atoms. The lowest BCUT2D eigenvalue weighted by Crippen LogP contribution is -2.04. The minimum atomic E-state index is -0.206. The maximum Gasteiger partial charge on any atom is 0.306 e. The lowest BCUT2D eigenvalue weighted by Gasteiger charge is -2.05. The monoisotopic (exact) mass is 360 g/mol. The predicted molar refractivity (Wildman–Crippen MR) is 96.2 cm³/mol. The Bertz CT molecular complexity index is 767. The molecule has 24 heavy (non-hydrogen) atoms. The van der Waals surface area contributed by atoms with Gasteiger partial charge in [-0.3, -0.25) is 9.78 Å². The Kier molecular flexibility index (Phi) is 7.10. The highest BCUT2D eigenvalue weighted by molar-refractivity contribution is 7.99. The molecule has 4 nitrogen and oxygen atoms in total. The highest BCUT2D eigenvalue weighted by Gasteiger charge is 2.08. The summed E-state index contributed by atoms with van der Waals surface area (Å²) in [4.78, 5) is 20.6. The van der Waals surface area contributed by atoms with Crippen molar-refractivity contribution in [3.8, 4) is 11.8 Å². The highest BCUT2D eigenvalue weighted by Crippen LogP contribution is 2.29. The topological polar surface area (TPSA) is 52.1 Å². The lowest BCUT2D eigenvalue weighted by molar-refractivity contribution is -0.142. The second-order valence-corrected chi connectivity index (χ2v) is 6.33. The van der Waals surface area contributed by atoms with Gasteiger partial charge < -0.3 is 4.74 Å². The van der Waals surface area contributed by atoms with Crippen molar-refractivity contribution in [3.63, 3.8) is 0 Å². The molecule has 0 aliphatic carbocycles. The van der Waals surface area contributed by atoms with Crippen LogP contribution in [0.2, 0.25) is 5.02 Å². The van der Waals surface area contributed by atoms with E-state index >= 15 is 0 Å². The van der Waals surface area contributed by atoms with Gasteiger partial charge >= 0.3 is 5.97 Å². The van der Waals surface area contributed by atoms with Crippen molar-refractivity contribution < 1.29 is 9.53 Å². The fraction of sp³-hybridized carbons (Fsp3) is 0.278. The molecule has 0 saturated carbocycles. The number of thioether (sulfide) groups is 1. The van der Waals surface area contributed by atoms with Gasteiger partial charge in [0.2, 0.25) is 0 Å². The first kappa shape index (κ1) is 18.3. The van der Waals surface area contributed by atoms with Gasteiger partial charge in [-0.1, -0.05) is 17.5 Å². The number of carbonyl (C=O) groups is 1. The summed E-state index contributed by atoms with van der Waals surface area (Å²) in [5, 5.41) is 0.499. The van der Waals surface area contributed by atoms with E-state index in [4.69, 9.17) is 16.3 Å². The van der Waals surface area contributed by atoms with E-state index in [0.29, 0.717) is 29.5 Å². The highest BCUT2D eigenvalue weighted by atomic mass is 35.5.